The maximum atomic E-state index is 5.79. The van der Waals surface area contributed by atoms with Crippen LogP contribution >= 0.6 is 15.9 Å². The average molecular weight is 288 g/mol. The highest BCUT2D eigenvalue weighted by Crippen LogP contribution is 2.24. The van der Waals surface area contributed by atoms with Crippen molar-refractivity contribution in [2.24, 2.45) is 0 Å². The first kappa shape index (κ1) is 13.3. The van der Waals surface area contributed by atoms with Gasteiger partial charge in [-0.05, 0) is 24.6 Å². The van der Waals surface area contributed by atoms with E-state index in [0.717, 1.165) is 23.9 Å². The highest BCUT2D eigenvalue weighted by atomic mass is 79.9. The predicted molar refractivity (Wildman–Crippen MR) is 69.8 cm³/mol. The van der Waals surface area contributed by atoms with E-state index in [1.807, 2.05) is 18.2 Å². The predicted octanol–water partition coefficient (Wildman–Crippen LogP) is 3.23. The first-order valence-corrected chi connectivity index (χ1v) is 6.29. The number of anilines is 1. The van der Waals surface area contributed by atoms with E-state index in [-0.39, 0.29) is 0 Å². The SMILES string of the molecule is CCCCOCCOc1ccc(Br)cc1N. The normalized spacial score (nSPS) is 10.4. The Labute approximate surface area is 105 Å². The van der Waals surface area contributed by atoms with Crippen molar-refractivity contribution in [3.8, 4) is 5.75 Å². The van der Waals surface area contributed by atoms with Crippen molar-refractivity contribution < 1.29 is 9.47 Å². The Bertz CT molecular complexity index is 318. The molecule has 0 unspecified atom stereocenters. The number of nitrogens with two attached hydrogens (primary N) is 1. The molecule has 1 aromatic carbocycles. The standard InChI is InChI=1S/C12H18BrNO2/c1-2-3-6-15-7-8-16-12-5-4-10(13)9-11(12)14/h4-5,9H,2-3,6-8,14H2,1H3. The average Bonchev–Trinajstić information content (AvgIpc) is 2.26. The molecule has 0 aliphatic rings. The van der Waals surface area contributed by atoms with Gasteiger partial charge in [0.1, 0.15) is 12.4 Å². The molecule has 2 N–H and O–H groups in total. The molecule has 0 radical (unpaired) electrons. The fourth-order valence-corrected chi connectivity index (χ4v) is 1.59. The van der Waals surface area contributed by atoms with Crippen LogP contribution in [0.3, 0.4) is 0 Å². The van der Waals surface area contributed by atoms with Gasteiger partial charge in [0.25, 0.3) is 0 Å². The van der Waals surface area contributed by atoms with Crippen molar-refractivity contribution in [2.75, 3.05) is 25.6 Å². The minimum atomic E-state index is 0.537. The van der Waals surface area contributed by atoms with E-state index in [9.17, 15) is 0 Å². The minimum absolute atomic E-state index is 0.537. The summed E-state index contributed by atoms with van der Waals surface area (Å²) in [5.74, 6) is 0.710. The molecule has 0 atom stereocenters. The van der Waals surface area contributed by atoms with Crippen molar-refractivity contribution in [1.29, 1.82) is 0 Å². The second-order valence-electron chi connectivity index (χ2n) is 3.50. The number of benzene rings is 1. The van der Waals surface area contributed by atoms with Crippen LogP contribution in [0.4, 0.5) is 5.69 Å². The molecule has 3 nitrogen and oxygen atoms in total. The van der Waals surface area contributed by atoms with Crippen LogP contribution in [0.2, 0.25) is 0 Å². The summed E-state index contributed by atoms with van der Waals surface area (Å²) in [5.41, 5.74) is 6.43. The van der Waals surface area contributed by atoms with Crippen LogP contribution in [0.25, 0.3) is 0 Å². The van der Waals surface area contributed by atoms with Gasteiger partial charge in [0.05, 0.1) is 12.3 Å². The van der Waals surface area contributed by atoms with Gasteiger partial charge in [-0.1, -0.05) is 29.3 Å². The third-order valence-electron chi connectivity index (χ3n) is 2.10. The molecular weight excluding hydrogens is 270 g/mol. The van der Waals surface area contributed by atoms with Crippen LogP contribution in [-0.2, 0) is 4.74 Å². The van der Waals surface area contributed by atoms with Crippen molar-refractivity contribution >= 4 is 21.6 Å². The first-order chi connectivity index (χ1) is 7.74. The summed E-state index contributed by atoms with van der Waals surface area (Å²) in [4.78, 5) is 0. The lowest BCUT2D eigenvalue weighted by Crippen LogP contribution is -2.08. The second-order valence-corrected chi connectivity index (χ2v) is 4.41. The van der Waals surface area contributed by atoms with Gasteiger partial charge in [-0.25, -0.2) is 0 Å². The highest BCUT2D eigenvalue weighted by molar-refractivity contribution is 9.10. The molecule has 0 aromatic heterocycles. The van der Waals surface area contributed by atoms with Gasteiger partial charge in [-0.2, -0.15) is 0 Å². The van der Waals surface area contributed by atoms with E-state index in [0.29, 0.717) is 24.7 Å². The Balaban J connectivity index is 2.21. The lowest BCUT2D eigenvalue weighted by atomic mass is 10.3. The Hall–Kier alpha value is -0.740. The van der Waals surface area contributed by atoms with Crippen molar-refractivity contribution in [1.82, 2.24) is 0 Å². The highest BCUT2D eigenvalue weighted by Gasteiger charge is 2.00. The summed E-state index contributed by atoms with van der Waals surface area (Å²) in [6, 6.07) is 5.59. The summed E-state index contributed by atoms with van der Waals surface area (Å²) in [6.45, 7) is 4.09. The molecule has 0 bridgehead atoms. The van der Waals surface area contributed by atoms with E-state index in [1.165, 1.54) is 0 Å². The van der Waals surface area contributed by atoms with Gasteiger partial charge in [-0.15, -0.1) is 0 Å². The van der Waals surface area contributed by atoms with E-state index in [4.69, 9.17) is 15.2 Å². The van der Waals surface area contributed by atoms with Gasteiger partial charge in [0, 0.05) is 11.1 Å². The van der Waals surface area contributed by atoms with Crippen LogP contribution < -0.4 is 10.5 Å². The molecule has 0 aliphatic heterocycles. The summed E-state index contributed by atoms with van der Waals surface area (Å²) in [6.07, 6.45) is 2.25. The maximum Gasteiger partial charge on any atom is 0.142 e. The maximum absolute atomic E-state index is 5.79. The lowest BCUT2D eigenvalue weighted by molar-refractivity contribution is 0.0983. The molecular formula is C12H18BrNO2. The number of nitrogen functional groups attached to an aromatic ring is 1. The smallest absolute Gasteiger partial charge is 0.142 e. The van der Waals surface area contributed by atoms with Gasteiger partial charge in [0.15, 0.2) is 0 Å². The molecule has 16 heavy (non-hydrogen) atoms. The largest absolute Gasteiger partial charge is 0.489 e. The van der Waals surface area contributed by atoms with E-state index in [2.05, 4.69) is 22.9 Å². The molecule has 0 aliphatic carbocycles. The topological polar surface area (TPSA) is 44.5 Å². The monoisotopic (exact) mass is 287 g/mol. The van der Waals surface area contributed by atoms with Crippen LogP contribution in [0, 0.1) is 0 Å². The zero-order valence-corrected chi connectivity index (χ0v) is 11.1. The van der Waals surface area contributed by atoms with Crippen LogP contribution in [0.5, 0.6) is 5.75 Å². The van der Waals surface area contributed by atoms with Gasteiger partial charge < -0.3 is 15.2 Å². The fraction of sp³-hybridized carbons (Fsp3) is 0.500. The summed E-state index contributed by atoms with van der Waals surface area (Å²) in [7, 11) is 0. The number of unbranched alkanes of at least 4 members (excludes halogenated alkanes) is 1. The molecule has 1 rings (SSSR count). The zero-order valence-electron chi connectivity index (χ0n) is 9.54. The van der Waals surface area contributed by atoms with Crippen LogP contribution in [0.15, 0.2) is 22.7 Å². The molecule has 0 heterocycles. The number of rotatable bonds is 7. The molecule has 90 valence electrons. The molecule has 0 amide bonds. The molecule has 1 aromatic rings. The second kappa shape index (κ2) is 7.52. The van der Waals surface area contributed by atoms with E-state index in [1.54, 1.807) is 0 Å². The quantitative estimate of drug-likeness (QED) is 0.619. The Morgan fingerprint density at radius 3 is 2.75 bits per heavy atom. The first-order valence-electron chi connectivity index (χ1n) is 5.49. The third-order valence-corrected chi connectivity index (χ3v) is 2.59. The van der Waals surface area contributed by atoms with Crippen molar-refractivity contribution in [3.05, 3.63) is 22.7 Å². The summed E-state index contributed by atoms with van der Waals surface area (Å²) >= 11 is 3.35. The van der Waals surface area contributed by atoms with E-state index < -0.39 is 0 Å². The van der Waals surface area contributed by atoms with Crippen molar-refractivity contribution in [3.63, 3.8) is 0 Å². The molecule has 0 fully saturated rings. The van der Waals surface area contributed by atoms with Gasteiger partial charge in [-0.3, -0.25) is 0 Å². The number of halogens is 1. The molecule has 0 saturated carbocycles. The zero-order chi connectivity index (χ0) is 11.8. The van der Waals surface area contributed by atoms with E-state index >= 15 is 0 Å². The fourth-order valence-electron chi connectivity index (χ4n) is 1.21. The van der Waals surface area contributed by atoms with Crippen LogP contribution in [-0.4, -0.2) is 19.8 Å². The third kappa shape index (κ3) is 4.86. The molecule has 0 saturated heterocycles. The lowest BCUT2D eigenvalue weighted by Gasteiger charge is -2.09. The Morgan fingerprint density at radius 1 is 1.25 bits per heavy atom. The Morgan fingerprint density at radius 2 is 2.06 bits per heavy atom. The minimum Gasteiger partial charge on any atom is -0.489 e. The van der Waals surface area contributed by atoms with Crippen molar-refractivity contribution in [2.45, 2.75) is 19.8 Å². The summed E-state index contributed by atoms with van der Waals surface area (Å²) < 4.78 is 11.8. The summed E-state index contributed by atoms with van der Waals surface area (Å²) in [5, 5.41) is 0. The molecule has 4 heteroatoms. The van der Waals surface area contributed by atoms with Gasteiger partial charge in [0.2, 0.25) is 0 Å². The molecule has 0 spiro atoms. The van der Waals surface area contributed by atoms with Crippen LogP contribution in [0.1, 0.15) is 19.8 Å². The Kier molecular flexibility index (Phi) is 6.26. The van der Waals surface area contributed by atoms with Gasteiger partial charge >= 0.3 is 0 Å². The number of ether oxygens (including phenoxy) is 2. The number of hydrogen-bond donors (Lipinski definition) is 1. The number of hydrogen-bond acceptors (Lipinski definition) is 3.